The van der Waals surface area contributed by atoms with Crippen LogP contribution in [0.1, 0.15) is 32.1 Å². The number of allylic oxidation sites excluding steroid dienone is 2. The first-order valence-electron chi connectivity index (χ1n) is 7.95. The predicted octanol–water partition coefficient (Wildman–Crippen LogP) is -0.142. The molecule has 1 aliphatic heterocycles. The summed E-state index contributed by atoms with van der Waals surface area (Å²) < 4.78 is 27.5. The topological polar surface area (TPSA) is 119 Å². The first kappa shape index (κ1) is 18.4. The zero-order valence-corrected chi connectivity index (χ0v) is 14.1. The van der Waals surface area contributed by atoms with E-state index in [0.717, 1.165) is 6.42 Å². The van der Waals surface area contributed by atoms with Crippen molar-refractivity contribution in [1.82, 2.24) is 10.9 Å². The summed E-state index contributed by atoms with van der Waals surface area (Å²) in [7, 11) is -3.03. The molecule has 0 unspecified atom stereocenters. The summed E-state index contributed by atoms with van der Waals surface area (Å²) in [5.74, 6) is -1.86. The third-order valence-electron chi connectivity index (χ3n) is 4.09. The van der Waals surface area contributed by atoms with Gasteiger partial charge in [0.1, 0.15) is 0 Å². The number of sulfone groups is 1. The van der Waals surface area contributed by atoms with E-state index in [2.05, 4.69) is 10.9 Å². The molecule has 2 atom stereocenters. The average Bonchev–Trinajstić information content (AvgIpc) is 2.90. The Kier molecular flexibility index (Phi) is 6.36. The Balaban J connectivity index is 1.61. The third-order valence-corrected chi connectivity index (χ3v) is 5.93. The van der Waals surface area contributed by atoms with Crippen molar-refractivity contribution in [2.75, 3.05) is 18.1 Å². The third kappa shape index (κ3) is 5.95. The Morgan fingerprint density at radius 3 is 2.46 bits per heavy atom. The molecule has 2 N–H and O–H groups in total. The number of amides is 2. The molecule has 9 heteroatoms. The van der Waals surface area contributed by atoms with Crippen LogP contribution in [0.5, 0.6) is 0 Å². The van der Waals surface area contributed by atoms with Crippen molar-refractivity contribution in [2.24, 2.45) is 11.8 Å². The van der Waals surface area contributed by atoms with Crippen molar-refractivity contribution in [2.45, 2.75) is 32.1 Å². The van der Waals surface area contributed by atoms with E-state index in [9.17, 15) is 22.8 Å². The molecule has 0 aromatic carbocycles. The van der Waals surface area contributed by atoms with Gasteiger partial charge in [-0.05, 0) is 31.6 Å². The van der Waals surface area contributed by atoms with Gasteiger partial charge in [0.2, 0.25) is 5.91 Å². The van der Waals surface area contributed by atoms with Crippen molar-refractivity contribution >= 4 is 27.6 Å². The molecule has 0 spiro atoms. The van der Waals surface area contributed by atoms with E-state index >= 15 is 0 Å². The molecule has 0 aromatic heterocycles. The number of hydrogen-bond donors (Lipinski definition) is 2. The van der Waals surface area contributed by atoms with Gasteiger partial charge >= 0.3 is 5.97 Å². The number of rotatable bonds is 5. The van der Waals surface area contributed by atoms with Crippen LogP contribution in [-0.4, -0.2) is 44.3 Å². The summed E-state index contributed by atoms with van der Waals surface area (Å²) in [4.78, 5) is 35.0. The van der Waals surface area contributed by atoms with Gasteiger partial charge in [-0.25, -0.2) is 8.42 Å². The van der Waals surface area contributed by atoms with Crippen molar-refractivity contribution < 1.29 is 27.5 Å². The Labute approximate surface area is 140 Å². The minimum Gasteiger partial charge on any atom is -0.455 e. The monoisotopic (exact) mass is 358 g/mol. The number of carbonyl (C=O) groups is 3. The number of carbonyl (C=O) groups excluding carboxylic acids is 3. The largest absolute Gasteiger partial charge is 0.455 e. The van der Waals surface area contributed by atoms with E-state index in [1.54, 1.807) is 0 Å². The van der Waals surface area contributed by atoms with E-state index < -0.39 is 34.2 Å². The number of hydrazine groups is 1. The van der Waals surface area contributed by atoms with Crippen LogP contribution >= 0.6 is 0 Å². The second-order valence-electron chi connectivity index (χ2n) is 6.16. The maximum absolute atomic E-state index is 11.8. The van der Waals surface area contributed by atoms with Gasteiger partial charge < -0.3 is 4.74 Å². The predicted molar refractivity (Wildman–Crippen MR) is 85.1 cm³/mol. The maximum atomic E-state index is 11.8. The van der Waals surface area contributed by atoms with Gasteiger partial charge in [-0.2, -0.15) is 0 Å². The fourth-order valence-electron chi connectivity index (χ4n) is 2.78. The van der Waals surface area contributed by atoms with E-state index in [4.69, 9.17) is 4.74 Å². The standard InChI is InChI=1S/C15H22N2O6S/c18-13(8-11-6-7-24(21,22)10-11)16-17-14(19)9-23-15(20)12-4-2-1-3-5-12/h1-2,11-12H,3-10H2,(H,16,18)(H,17,19)/t11-,12-/m1/s1. The van der Waals surface area contributed by atoms with Crippen LogP contribution in [0.3, 0.4) is 0 Å². The summed E-state index contributed by atoms with van der Waals surface area (Å²) in [5, 5.41) is 0. The zero-order chi connectivity index (χ0) is 17.6. The molecule has 134 valence electrons. The van der Waals surface area contributed by atoms with Crippen LogP contribution in [0.2, 0.25) is 0 Å². The second kappa shape index (κ2) is 8.27. The lowest BCUT2D eigenvalue weighted by molar-refractivity contribution is -0.153. The summed E-state index contributed by atoms with van der Waals surface area (Å²) in [6, 6.07) is 0. The fourth-order valence-corrected chi connectivity index (χ4v) is 4.65. The van der Waals surface area contributed by atoms with Crippen LogP contribution in [0.25, 0.3) is 0 Å². The fraction of sp³-hybridized carbons (Fsp3) is 0.667. The van der Waals surface area contributed by atoms with E-state index in [1.165, 1.54) is 0 Å². The highest BCUT2D eigenvalue weighted by Crippen LogP contribution is 2.21. The molecule has 1 aliphatic carbocycles. The highest BCUT2D eigenvalue weighted by atomic mass is 32.2. The second-order valence-corrected chi connectivity index (χ2v) is 8.39. The van der Waals surface area contributed by atoms with E-state index in [-0.39, 0.29) is 29.8 Å². The molecule has 0 radical (unpaired) electrons. The van der Waals surface area contributed by atoms with Crippen molar-refractivity contribution in [3.05, 3.63) is 12.2 Å². The molecule has 2 rings (SSSR count). The lowest BCUT2D eigenvalue weighted by Crippen LogP contribution is -2.44. The molecular formula is C15H22N2O6S. The minimum absolute atomic E-state index is 0.00180. The number of nitrogens with one attached hydrogen (secondary N) is 2. The Bertz CT molecular complexity index is 628. The van der Waals surface area contributed by atoms with Crippen LogP contribution in [0.4, 0.5) is 0 Å². The van der Waals surface area contributed by atoms with Gasteiger partial charge in [-0.3, -0.25) is 25.2 Å². The van der Waals surface area contributed by atoms with Crippen molar-refractivity contribution in [1.29, 1.82) is 0 Å². The number of esters is 1. The summed E-state index contributed by atoms with van der Waals surface area (Å²) in [5.41, 5.74) is 4.36. The van der Waals surface area contributed by atoms with E-state index in [0.29, 0.717) is 19.3 Å². The molecule has 0 saturated carbocycles. The average molecular weight is 358 g/mol. The summed E-state index contributed by atoms with van der Waals surface area (Å²) in [6.07, 6.45) is 6.55. The first-order valence-corrected chi connectivity index (χ1v) is 9.77. The number of hydrogen-bond acceptors (Lipinski definition) is 6. The molecule has 1 fully saturated rings. The van der Waals surface area contributed by atoms with Gasteiger partial charge in [0.25, 0.3) is 5.91 Å². The lowest BCUT2D eigenvalue weighted by atomic mass is 9.95. The maximum Gasteiger partial charge on any atom is 0.309 e. The smallest absolute Gasteiger partial charge is 0.309 e. The highest BCUT2D eigenvalue weighted by Gasteiger charge is 2.29. The molecule has 1 saturated heterocycles. The summed E-state index contributed by atoms with van der Waals surface area (Å²) in [6.45, 7) is -0.461. The molecule has 1 heterocycles. The molecule has 24 heavy (non-hydrogen) atoms. The quantitative estimate of drug-likeness (QED) is 0.401. The zero-order valence-electron chi connectivity index (χ0n) is 13.3. The molecule has 8 nitrogen and oxygen atoms in total. The Morgan fingerprint density at radius 2 is 1.83 bits per heavy atom. The van der Waals surface area contributed by atoms with E-state index in [1.807, 2.05) is 12.2 Å². The van der Waals surface area contributed by atoms with Crippen molar-refractivity contribution in [3.8, 4) is 0 Å². The summed E-state index contributed by atoms with van der Waals surface area (Å²) >= 11 is 0. The Hall–Kier alpha value is -1.90. The van der Waals surface area contributed by atoms with Crippen LogP contribution < -0.4 is 10.9 Å². The molecule has 0 bridgehead atoms. The SMILES string of the molecule is O=C(COC(=O)[C@@H]1CC=CCC1)NNC(=O)C[C@H]1CCS(=O)(=O)C1. The molecule has 2 aliphatic rings. The lowest BCUT2D eigenvalue weighted by Gasteiger charge is -2.16. The van der Waals surface area contributed by atoms with Gasteiger partial charge in [-0.15, -0.1) is 0 Å². The highest BCUT2D eigenvalue weighted by molar-refractivity contribution is 7.91. The minimum atomic E-state index is -3.03. The van der Waals surface area contributed by atoms with Crippen LogP contribution in [0, 0.1) is 11.8 Å². The van der Waals surface area contributed by atoms with Crippen molar-refractivity contribution in [3.63, 3.8) is 0 Å². The molecule has 2 amide bonds. The van der Waals surface area contributed by atoms with Crippen LogP contribution in [-0.2, 0) is 29.0 Å². The molecule has 0 aromatic rings. The molecular weight excluding hydrogens is 336 g/mol. The Morgan fingerprint density at radius 1 is 1.08 bits per heavy atom. The van der Waals surface area contributed by atoms with Gasteiger partial charge in [0.05, 0.1) is 17.4 Å². The van der Waals surface area contributed by atoms with Gasteiger partial charge in [0, 0.05) is 6.42 Å². The van der Waals surface area contributed by atoms with Crippen LogP contribution in [0.15, 0.2) is 12.2 Å². The van der Waals surface area contributed by atoms with Gasteiger partial charge in [-0.1, -0.05) is 12.2 Å². The first-order chi connectivity index (χ1) is 11.4. The normalized spacial score (nSPS) is 25.0. The number of ether oxygens (including phenoxy) is 1. The van der Waals surface area contributed by atoms with Gasteiger partial charge in [0.15, 0.2) is 16.4 Å².